The van der Waals surface area contributed by atoms with Crippen LogP contribution in [-0.2, 0) is 25.6 Å². The summed E-state index contributed by atoms with van der Waals surface area (Å²) < 4.78 is 44.1. The number of nitrogens with zero attached hydrogens (tertiary/aromatic N) is 2. The van der Waals surface area contributed by atoms with Gasteiger partial charge < -0.3 is 10.5 Å². The third-order valence-corrected chi connectivity index (χ3v) is 8.42. The number of hydrogen-bond acceptors (Lipinski definition) is 6. The Labute approximate surface area is 166 Å². The lowest BCUT2D eigenvalue weighted by atomic mass is 10.0. The minimum absolute atomic E-state index is 0.00407. The van der Waals surface area contributed by atoms with Crippen molar-refractivity contribution in [2.45, 2.75) is 29.5 Å². The summed E-state index contributed by atoms with van der Waals surface area (Å²) in [6.45, 7) is 3.13. The zero-order valence-corrected chi connectivity index (χ0v) is 17.1. The molecule has 1 aliphatic rings. The molecule has 2 N–H and O–H groups in total. The fraction of sp³-hybridized carbons (Fsp3) is 0.333. The Morgan fingerprint density at radius 1 is 1.25 bits per heavy atom. The molecule has 3 rings (SSSR count). The quantitative estimate of drug-likeness (QED) is 0.773. The highest BCUT2D eigenvalue weighted by atomic mass is 32.2. The first-order chi connectivity index (χ1) is 13.1. The molecule has 2 heterocycles. The number of hydrogen-bond donors (Lipinski definition) is 1. The summed E-state index contributed by atoms with van der Waals surface area (Å²) >= 11 is 0. The van der Waals surface area contributed by atoms with E-state index in [1.165, 1.54) is 24.3 Å². The molecule has 0 saturated carbocycles. The lowest BCUT2D eigenvalue weighted by Crippen LogP contribution is -2.64. The summed E-state index contributed by atoms with van der Waals surface area (Å²) in [6, 6.07) is 9.81. The molecular formula is C18H21N3O5S2. The average Bonchev–Trinajstić information content (AvgIpc) is 2.64. The van der Waals surface area contributed by atoms with Crippen LogP contribution in [0.4, 0.5) is 0 Å². The number of pyridine rings is 1. The summed E-state index contributed by atoms with van der Waals surface area (Å²) in [5, 5.41) is 0. The van der Waals surface area contributed by atoms with E-state index >= 15 is 0 Å². The predicted octanol–water partition coefficient (Wildman–Crippen LogP) is 1.26. The molecule has 1 fully saturated rings. The van der Waals surface area contributed by atoms with Gasteiger partial charge in [-0.15, -0.1) is 0 Å². The zero-order chi connectivity index (χ0) is 20.5. The van der Waals surface area contributed by atoms with Crippen molar-refractivity contribution in [1.82, 2.24) is 9.29 Å². The number of carbonyl (C=O) groups is 1. The summed E-state index contributed by atoms with van der Waals surface area (Å²) in [6.07, 6.45) is 1.58. The second-order valence-electron chi connectivity index (χ2n) is 6.82. The summed E-state index contributed by atoms with van der Waals surface area (Å²) in [4.78, 5) is 16.1. The normalized spacial score (nSPS) is 22.5. The van der Waals surface area contributed by atoms with Crippen molar-refractivity contribution in [3.05, 3.63) is 48.7 Å². The van der Waals surface area contributed by atoms with E-state index < -0.39 is 37.5 Å². The molecule has 1 aromatic carbocycles. The fourth-order valence-corrected chi connectivity index (χ4v) is 6.41. The van der Waals surface area contributed by atoms with Crippen LogP contribution >= 0.6 is 0 Å². The molecule has 2 atom stereocenters. The van der Waals surface area contributed by atoms with Gasteiger partial charge >= 0.3 is 0 Å². The van der Waals surface area contributed by atoms with Crippen molar-refractivity contribution in [1.29, 1.82) is 0 Å². The average molecular weight is 424 g/mol. The van der Waals surface area contributed by atoms with E-state index in [-0.39, 0.29) is 17.2 Å². The number of primary amides is 1. The van der Waals surface area contributed by atoms with Crippen molar-refractivity contribution >= 4 is 26.7 Å². The van der Waals surface area contributed by atoms with Crippen LogP contribution in [0.1, 0.15) is 13.8 Å². The van der Waals surface area contributed by atoms with E-state index in [0.29, 0.717) is 11.6 Å². The summed E-state index contributed by atoms with van der Waals surface area (Å²) in [7, 11) is -5.39. The Morgan fingerprint density at radius 2 is 1.93 bits per heavy atom. The van der Waals surface area contributed by atoms with Gasteiger partial charge in [0.2, 0.25) is 21.8 Å². The maximum absolute atomic E-state index is 13.1. The Hall–Kier alpha value is -2.30. The highest BCUT2D eigenvalue weighted by Crippen LogP contribution is 2.32. The predicted molar refractivity (Wildman–Crippen MR) is 105 cm³/mol. The van der Waals surface area contributed by atoms with Gasteiger partial charge in [0.05, 0.1) is 9.64 Å². The van der Waals surface area contributed by atoms with Gasteiger partial charge in [-0.3, -0.25) is 9.00 Å². The number of sulfonamides is 1. The van der Waals surface area contributed by atoms with Crippen LogP contribution in [0.25, 0.3) is 0 Å². The van der Waals surface area contributed by atoms with Gasteiger partial charge in [-0.05, 0) is 44.2 Å². The smallest absolute Gasteiger partial charge is 0.243 e. The molecule has 0 bridgehead atoms. The first-order valence-electron chi connectivity index (χ1n) is 8.52. The SMILES string of the molecule is CC1(C)C(C(N)=O)N(S(=O)(=O)c2ccc(Oc3ccccn3)cc2)CCS1=O. The van der Waals surface area contributed by atoms with E-state index in [2.05, 4.69) is 4.98 Å². The summed E-state index contributed by atoms with van der Waals surface area (Å²) in [5.41, 5.74) is 5.47. The molecule has 1 aliphatic heterocycles. The van der Waals surface area contributed by atoms with E-state index in [9.17, 15) is 17.4 Å². The van der Waals surface area contributed by atoms with Gasteiger partial charge in [0, 0.05) is 35.4 Å². The molecule has 1 saturated heterocycles. The molecule has 28 heavy (non-hydrogen) atoms. The molecule has 0 aliphatic carbocycles. The zero-order valence-electron chi connectivity index (χ0n) is 15.4. The van der Waals surface area contributed by atoms with Gasteiger partial charge in [-0.25, -0.2) is 13.4 Å². The standard InChI is InChI=1S/C18H21N3O5S2/c1-18(2)16(17(19)22)21(11-12-27(18)23)28(24,25)14-8-6-13(7-9-14)26-15-5-3-4-10-20-15/h3-10,16H,11-12H2,1-2H3,(H2,19,22). The molecule has 0 radical (unpaired) electrons. The van der Waals surface area contributed by atoms with E-state index in [4.69, 9.17) is 10.5 Å². The van der Waals surface area contributed by atoms with Crippen molar-refractivity contribution in [3.8, 4) is 11.6 Å². The van der Waals surface area contributed by atoms with E-state index in [0.717, 1.165) is 4.31 Å². The second kappa shape index (κ2) is 7.61. The van der Waals surface area contributed by atoms with E-state index in [1.807, 2.05) is 0 Å². The van der Waals surface area contributed by atoms with Crippen LogP contribution < -0.4 is 10.5 Å². The number of ether oxygens (including phenoxy) is 1. The van der Waals surface area contributed by atoms with Gasteiger partial charge in [-0.1, -0.05) is 6.07 Å². The third-order valence-electron chi connectivity index (χ3n) is 4.59. The van der Waals surface area contributed by atoms with Crippen molar-refractivity contribution < 1.29 is 22.2 Å². The van der Waals surface area contributed by atoms with Gasteiger partial charge in [0.15, 0.2) is 0 Å². The first-order valence-corrected chi connectivity index (χ1v) is 11.3. The Kier molecular flexibility index (Phi) is 5.55. The Bertz CT molecular complexity index is 992. The van der Waals surface area contributed by atoms with Crippen LogP contribution in [0.15, 0.2) is 53.6 Å². The molecule has 1 amide bonds. The fourth-order valence-electron chi connectivity index (χ4n) is 3.12. The number of rotatable bonds is 5. The maximum Gasteiger partial charge on any atom is 0.243 e. The minimum Gasteiger partial charge on any atom is -0.439 e. The number of benzene rings is 1. The molecule has 2 unspecified atom stereocenters. The molecule has 150 valence electrons. The highest BCUT2D eigenvalue weighted by Gasteiger charge is 2.50. The summed E-state index contributed by atoms with van der Waals surface area (Å²) in [5.74, 6) is 0.115. The molecule has 2 aromatic rings. The second-order valence-corrected chi connectivity index (χ2v) is 10.9. The third kappa shape index (κ3) is 3.80. The Morgan fingerprint density at radius 3 is 2.50 bits per heavy atom. The number of carbonyl (C=O) groups excluding carboxylic acids is 1. The first kappa shape index (κ1) is 20.4. The monoisotopic (exact) mass is 423 g/mol. The van der Waals surface area contributed by atoms with Crippen molar-refractivity contribution in [2.75, 3.05) is 12.3 Å². The van der Waals surface area contributed by atoms with Crippen LogP contribution in [0.2, 0.25) is 0 Å². The van der Waals surface area contributed by atoms with E-state index in [1.54, 1.807) is 38.2 Å². The van der Waals surface area contributed by atoms with Crippen LogP contribution in [0.3, 0.4) is 0 Å². The van der Waals surface area contributed by atoms with Gasteiger partial charge in [0.1, 0.15) is 11.8 Å². The van der Waals surface area contributed by atoms with Crippen LogP contribution in [0.5, 0.6) is 11.6 Å². The molecular weight excluding hydrogens is 402 g/mol. The Balaban J connectivity index is 1.89. The number of nitrogens with two attached hydrogens (primary N) is 1. The van der Waals surface area contributed by atoms with Gasteiger partial charge in [-0.2, -0.15) is 4.31 Å². The largest absolute Gasteiger partial charge is 0.439 e. The van der Waals surface area contributed by atoms with Crippen molar-refractivity contribution in [3.63, 3.8) is 0 Å². The number of aromatic nitrogens is 1. The molecule has 1 aromatic heterocycles. The lowest BCUT2D eigenvalue weighted by molar-refractivity contribution is -0.122. The maximum atomic E-state index is 13.1. The van der Waals surface area contributed by atoms with Gasteiger partial charge in [0.25, 0.3) is 0 Å². The number of amides is 1. The molecule has 8 nitrogen and oxygen atoms in total. The van der Waals surface area contributed by atoms with Crippen molar-refractivity contribution in [2.24, 2.45) is 5.73 Å². The molecule has 0 spiro atoms. The minimum atomic E-state index is -4.01. The van der Waals surface area contributed by atoms with Crippen LogP contribution in [-0.4, -0.2) is 50.9 Å². The van der Waals surface area contributed by atoms with Crippen LogP contribution in [0, 0.1) is 0 Å². The lowest BCUT2D eigenvalue weighted by Gasteiger charge is -2.42. The highest BCUT2D eigenvalue weighted by molar-refractivity contribution is 7.90. The topological polar surface area (TPSA) is 120 Å². The molecule has 10 heteroatoms.